The van der Waals surface area contributed by atoms with E-state index in [1.165, 1.54) is 92.3 Å². The molecule has 0 bridgehead atoms. The van der Waals surface area contributed by atoms with Crippen LogP contribution in [-0.2, 0) is 5.41 Å². The van der Waals surface area contributed by atoms with Gasteiger partial charge in [0.15, 0.2) is 0 Å². The Morgan fingerprint density at radius 2 is 0.771 bits per heavy atom. The van der Waals surface area contributed by atoms with E-state index in [0.717, 1.165) is 6.42 Å². The smallest absolute Gasteiger partial charge is 0.0787 e. The fourth-order valence-electron chi connectivity index (χ4n) is 5.93. The second-order valence-electron chi connectivity index (χ2n) is 10.4. The molecule has 0 saturated heterocycles. The zero-order valence-electron chi connectivity index (χ0n) is 22.6. The Labute approximate surface area is 215 Å². The van der Waals surface area contributed by atoms with Gasteiger partial charge in [-0.05, 0) is 48.8 Å². The molecule has 0 N–H and O–H groups in total. The van der Waals surface area contributed by atoms with Crippen LogP contribution >= 0.6 is 0 Å². The van der Waals surface area contributed by atoms with Gasteiger partial charge in [0.2, 0.25) is 0 Å². The minimum Gasteiger partial charge on any atom is -0.324 e. The predicted octanol–water partition coefficient (Wildman–Crippen LogP) is 9.02. The standard InChI is InChI=1S/C34H48N/c1-4-7-27-35(28-8-5-2,29-9-6-3)30-19-26-34(31-20-13-10-14-21-31,32-22-15-11-16-23-32)33-24-17-12-18-25-33/h10-18,20-25H,4-9,19,26-30H2,1-3H3/q+1. The minimum atomic E-state index is -0.125. The van der Waals surface area contributed by atoms with Gasteiger partial charge in [-0.1, -0.05) is 131 Å². The van der Waals surface area contributed by atoms with Crippen LogP contribution in [0, 0.1) is 0 Å². The molecule has 0 radical (unpaired) electrons. The van der Waals surface area contributed by atoms with Crippen molar-refractivity contribution in [2.75, 3.05) is 26.2 Å². The first-order chi connectivity index (χ1) is 17.2. The van der Waals surface area contributed by atoms with Crippen LogP contribution in [0.5, 0.6) is 0 Å². The van der Waals surface area contributed by atoms with E-state index in [4.69, 9.17) is 0 Å². The van der Waals surface area contributed by atoms with Crippen LogP contribution in [0.1, 0.15) is 88.8 Å². The zero-order chi connectivity index (χ0) is 24.8. The summed E-state index contributed by atoms with van der Waals surface area (Å²) in [7, 11) is 0. The van der Waals surface area contributed by atoms with Gasteiger partial charge in [0.25, 0.3) is 0 Å². The van der Waals surface area contributed by atoms with Crippen LogP contribution in [-0.4, -0.2) is 30.7 Å². The molecule has 35 heavy (non-hydrogen) atoms. The highest BCUT2D eigenvalue weighted by molar-refractivity contribution is 5.50. The molecule has 0 unspecified atom stereocenters. The second-order valence-corrected chi connectivity index (χ2v) is 10.4. The van der Waals surface area contributed by atoms with Crippen molar-refractivity contribution in [1.82, 2.24) is 0 Å². The summed E-state index contributed by atoms with van der Waals surface area (Å²) in [5.41, 5.74) is 4.10. The van der Waals surface area contributed by atoms with Gasteiger partial charge < -0.3 is 4.48 Å². The maximum Gasteiger partial charge on any atom is 0.0787 e. The van der Waals surface area contributed by atoms with E-state index in [2.05, 4.69) is 112 Å². The molecule has 1 nitrogen and oxygen atoms in total. The average Bonchev–Trinajstić information content (AvgIpc) is 2.93. The lowest BCUT2D eigenvalue weighted by molar-refractivity contribution is -0.929. The van der Waals surface area contributed by atoms with Gasteiger partial charge in [-0.3, -0.25) is 0 Å². The SMILES string of the molecule is CCCC[N+](CCCC)(CCCC)CCCC(c1ccccc1)(c1ccccc1)c1ccccc1. The molecule has 0 aliphatic rings. The van der Waals surface area contributed by atoms with Gasteiger partial charge in [0.1, 0.15) is 0 Å². The van der Waals surface area contributed by atoms with Gasteiger partial charge in [0, 0.05) is 5.41 Å². The maximum absolute atomic E-state index is 2.35. The van der Waals surface area contributed by atoms with E-state index < -0.39 is 0 Å². The van der Waals surface area contributed by atoms with Crippen LogP contribution in [0.25, 0.3) is 0 Å². The number of quaternary nitrogens is 1. The predicted molar refractivity (Wildman–Crippen MR) is 153 cm³/mol. The van der Waals surface area contributed by atoms with Gasteiger partial charge >= 0.3 is 0 Å². The summed E-state index contributed by atoms with van der Waals surface area (Å²) in [5.74, 6) is 0. The van der Waals surface area contributed by atoms with E-state index in [1.54, 1.807) is 0 Å². The molecule has 3 aromatic rings. The maximum atomic E-state index is 2.35. The Kier molecular flexibility index (Phi) is 11.1. The summed E-state index contributed by atoms with van der Waals surface area (Å²) in [4.78, 5) is 0. The molecular weight excluding hydrogens is 422 g/mol. The lowest BCUT2D eigenvalue weighted by Gasteiger charge is -2.41. The van der Waals surface area contributed by atoms with E-state index in [-0.39, 0.29) is 5.41 Å². The first-order valence-corrected chi connectivity index (χ1v) is 14.2. The minimum absolute atomic E-state index is 0.125. The summed E-state index contributed by atoms with van der Waals surface area (Å²) >= 11 is 0. The molecule has 1 heteroatoms. The fourth-order valence-corrected chi connectivity index (χ4v) is 5.93. The van der Waals surface area contributed by atoms with Crippen molar-refractivity contribution in [3.05, 3.63) is 108 Å². The molecule has 0 atom stereocenters. The molecule has 0 heterocycles. The summed E-state index contributed by atoms with van der Waals surface area (Å²) in [5, 5.41) is 0. The Morgan fingerprint density at radius 3 is 1.09 bits per heavy atom. The zero-order valence-corrected chi connectivity index (χ0v) is 22.6. The highest BCUT2D eigenvalue weighted by atomic mass is 15.3. The van der Waals surface area contributed by atoms with E-state index >= 15 is 0 Å². The molecule has 0 aliphatic heterocycles. The first-order valence-electron chi connectivity index (χ1n) is 14.2. The average molecular weight is 471 g/mol. The number of benzene rings is 3. The molecular formula is C34H48N+. The second kappa shape index (κ2) is 14.2. The molecule has 0 fully saturated rings. The van der Waals surface area contributed by atoms with Crippen LogP contribution in [0.2, 0.25) is 0 Å². The van der Waals surface area contributed by atoms with Gasteiger partial charge in [-0.15, -0.1) is 0 Å². The summed E-state index contributed by atoms with van der Waals surface area (Å²) in [6.45, 7) is 12.3. The van der Waals surface area contributed by atoms with Crippen molar-refractivity contribution < 1.29 is 4.48 Å². The Balaban J connectivity index is 2.00. The van der Waals surface area contributed by atoms with Crippen LogP contribution < -0.4 is 0 Å². The topological polar surface area (TPSA) is 0 Å². The van der Waals surface area contributed by atoms with Crippen LogP contribution in [0.3, 0.4) is 0 Å². The molecule has 3 aromatic carbocycles. The van der Waals surface area contributed by atoms with Crippen molar-refractivity contribution in [2.45, 2.75) is 77.6 Å². The highest BCUT2D eigenvalue weighted by Crippen LogP contribution is 2.43. The lowest BCUT2D eigenvalue weighted by Crippen LogP contribution is -2.51. The molecule has 3 rings (SSSR count). The van der Waals surface area contributed by atoms with Crippen molar-refractivity contribution in [1.29, 1.82) is 0 Å². The van der Waals surface area contributed by atoms with E-state index in [0.29, 0.717) is 0 Å². The summed E-state index contributed by atoms with van der Waals surface area (Å²) < 4.78 is 1.31. The van der Waals surface area contributed by atoms with E-state index in [1.807, 2.05) is 0 Å². The van der Waals surface area contributed by atoms with Gasteiger partial charge in [0.05, 0.1) is 26.2 Å². The molecule has 0 spiro atoms. The third kappa shape index (κ3) is 7.07. The third-order valence-corrected chi connectivity index (χ3v) is 7.94. The largest absolute Gasteiger partial charge is 0.324 e. The summed E-state index contributed by atoms with van der Waals surface area (Å²) in [6.07, 6.45) is 10.3. The van der Waals surface area contributed by atoms with Crippen LogP contribution in [0.4, 0.5) is 0 Å². The van der Waals surface area contributed by atoms with Crippen molar-refractivity contribution in [3.63, 3.8) is 0 Å². The van der Waals surface area contributed by atoms with Gasteiger partial charge in [-0.2, -0.15) is 0 Å². The number of unbranched alkanes of at least 4 members (excludes halogenated alkanes) is 3. The quantitative estimate of drug-likeness (QED) is 0.145. The number of rotatable bonds is 16. The molecule has 0 aliphatic carbocycles. The molecule has 0 aromatic heterocycles. The van der Waals surface area contributed by atoms with Gasteiger partial charge in [-0.25, -0.2) is 0 Å². The first kappa shape index (κ1) is 27.2. The highest BCUT2D eigenvalue weighted by Gasteiger charge is 2.37. The summed E-state index contributed by atoms with van der Waals surface area (Å²) in [6, 6.07) is 33.7. The molecule has 0 saturated carbocycles. The monoisotopic (exact) mass is 470 g/mol. The lowest BCUT2D eigenvalue weighted by atomic mass is 9.66. The Hall–Kier alpha value is -2.38. The van der Waals surface area contributed by atoms with Crippen molar-refractivity contribution in [3.8, 4) is 0 Å². The van der Waals surface area contributed by atoms with Crippen molar-refractivity contribution >= 4 is 0 Å². The van der Waals surface area contributed by atoms with Crippen LogP contribution in [0.15, 0.2) is 91.0 Å². The fraction of sp³-hybridized carbons (Fsp3) is 0.471. The number of hydrogen-bond acceptors (Lipinski definition) is 0. The Bertz CT molecular complexity index is 814. The third-order valence-electron chi connectivity index (χ3n) is 7.94. The molecule has 0 amide bonds. The number of nitrogens with zero attached hydrogens (tertiary/aromatic N) is 1. The van der Waals surface area contributed by atoms with E-state index in [9.17, 15) is 0 Å². The molecule has 188 valence electrons. The number of hydrogen-bond donors (Lipinski definition) is 0. The van der Waals surface area contributed by atoms with Crippen molar-refractivity contribution in [2.24, 2.45) is 0 Å². The Morgan fingerprint density at radius 1 is 0.457 bits per heavy atom. The normalized spacial score (nSPS) is 12.1.